The van der Waals surface area contributed by atoms with Crippen molar-refractivity contribution in [2.75, 3.05) is 11.1 Å². The van der Waals surface area contributed by atoms with Crippen molar-refractivity contribution in [1.82, 2.24) is 4.98 Å². The predicted octanol–water partition coefficient (Wildman–Crippen LogP) is 2.50. The van der Waals surface area contributed by atoms with E-state index in [1.807, 2.05) is 12.1 Å². The molecule has 0 aliphatic carbocycles. The van der Waals surface area contributed by atoms with Crippen LogP contribution in [0.1, 0.15) is 5.56 Å². The molecule has 92 valence electrons. The highest BCUT2D eigenvalue weighted by atomic mass is 35.5. The van der Waals surface area contributed by atoms with E-state index in [0.717, 1.165) is 5.56 Å². The summed E-state index contributed by atoms with van der Waals surface area (Å²) in [5, 5.41) is 3.30. The molecule has 0 saturated carbocycles. The number of nitrogen functional groups attached to an aromatic ring is 1. The molecule has 2 rings (SSSR count). The van der Waals surface area contributed by atoms with Gasteiger partial charge in [-0.3, -0.25) is 4.79 Å². The van der Waals surface area contributed by atoms with Crippen LogP contribution in [0.5, 0.6) is 0 Å². The molecule has 1 amide bonds. The van der Waals surface area contributed by atoms with Crippen LogP contribution >= 0.6 is 11.6 Å². The molecule has 0 aliphatic heterocycles. The van der Waals surface area contributed by atoms with Crippen molar-refractivity contribution < 1.29 is 4.79 Å². The Labute approximate surface area is 110 Å². The van der Waals surface area contributed by atoms with Crippen molar-refractivity contribution in [3.63, 3.8) is 0 Å². The second-order valence-electron chi connectivity index (χ2n) is 3.83. The summed E-state index contributed by atoms with van der Waals surface area (Å²) in [4.78, 5) is 15.7. The minimum absolute atomic E-state index is 0.144. The third kappa shape index (κ3) is 3.46. The molecular formula is C13H12ClN3O. The van der Waals surface area contributed by atoms with E-state index in [0.29, 0.717) is 16.5 Å². The number of carbonyl (C=O) groups excluding carboxylic acids is 1. The van der Waals surface area contributed by atoms with Crippen molar-refractivity contribution in [3.05, 3.63) is 53.2 Å². The molecular weight excluding hydrogens is 250 g/mol. The fourth-order valence-electron chi connectivity index (χ4n) is 1.50. The molecule has 4 nitrogen and oxygen atoms in total. The van der Waals surface area contributed by atoms with E-state index < -0.39 is 0 Å². The zero-order chi connectivity index (χ0) is 13.0. The van der Waals surface area contributed by atoms with E-state index in [1.165, 1.54) is 6.20 Å². The van der Waals surface area contributed by atoms with E-state index in [2.05, 4.69) is 10.3 Å². The Morgan fingerprint density at radius 3 is 2.83 bits per heavy atom. The van der Waals surface area contributed by atoms with Crippen molar-refractivity contribution in [2.45, 2.75) is 6.42 Å². The first-order valence-electron chi connectivity index (χ1n) is 5.39. The first-order chi connectivity index (χ1) is 8.63. The molecule has 0 atom stereocenters. The van der Waals surface area contributed by atoms with Gasteiger partial charge in [-0.25, -0.2) is 4.98 Å². The van der Waals surface area contributed by atoms with E-state index in [1.54, 1.807) is 24.3 Å². The van der Waals surface area contributed by atoms with Gasteiger partial charge in [0, 0.05) is 5.02 Å². The van der Waals surface area contributed by atoms with Gasteiger partial charge in [0.1, 0.15) is 5.82 Å². The summed E-state index contributed by atoms with van der Waals surface area (Å²) in [6.45, 7) is 0. The molecule has 0 bridgehead atoms. The molecule has 0 unspecified atom stereocenters. The number of halogens is 1. The van der Waals surface area contributed by atoms with Crippen molar-refractivity contribution in [3.8, 4) is 0 Å². The van der Waals surface area contributed by atoms with Crippen LogP contribution in [0.2, 0.25) is 5.02 Å². The molecule has 1 heterocycles. The third-order valence-electron chi connectivity index (χ3n) is 2.31. The number of hydrogen-bond acceptors (Lipinski definition) is 3. The normalized spacial score (nSPS) is 10.1. The van der Waals surface area contributed by atoms with E-state index >= 15 is 0 Å². The minimum atomic E-state index is -0.144. The summed E-state index contributed by atoms with van der Waals surface area (Å²) < 4.78 is 0. The molecule has 0 fully saturated rings. The number of carbonyl (C=O) groups is 1. The van der Waals surface area contributed by atoms with Crippen LogP contribution in [0.3, 0.4) is 0 Å². The van der Waals surface area contributed by atoms with Gasteiger partial charge in [-0.1, -0.05) is 23.7 Å². The number of benzene rings is 1. The van der Waals surface area contributed by atoms with Gasteiger partial charge in [0.15, 0.2) is 0 Å². The zero-order valence-corrected chi connectivity index (χ0v) is 10.3. The summed E-state index contributed by atoms with van der Waals surface area (Å²) in [5.41, 5.74) is 6.92. The van der Waals surface area contributed by atoms with Gasteiger partial charge in [0.05, 0.1) is 18.3 Å². The van der Waals surface area contributed by atoms with Crippen LogP contribution in [0, 0.1) is 0 Å². The number of anilines is 2. The Balaban J connectivity index is 1.98. The number of nitrogens with zero attached hydrogens (tertiary/aromatic N) is 1. The first kappa shape index (κ1) is 12.4. The highest BCUT2D eigenvalue weighted by molar-refractivity contribution is 6.30. The van der Waals surface area contributed by atoms with Crippen molar-refractivity contribution in [1.29, 1.82) is 0 Å². The number of hydrogen-bond donors (Lipinski definition) is 2. The lowest BCUT2D eigenvalue weighted by Crippen LogP contribution is -2.15. The Kier molecular flexibility index (Phi) is 3.79. The lowest BCUT2D eigenvalue weighted by Gasteiger charge is -2.05. The number of pyridine rings is 1. The van der Waals surface area contributed by atoms with Crippen LogP contribution in [0.15, 0.2) is 42.6 Å². The maximum atomic E-state index is 11.8. The van der Waals surface area contributed by atoms with Crippen LogP contribution in [0.25, 0.3) is 0 Å². The van der Waals surface area contributed by atoms with Crippen molar-refractivity contribution >= 4 is 29.0 Å². The largest absolute Gasteiger partial charge is 0.397 e. The van der Waals surface area contributed by atoms with Gasteiger partial charge in [-0.05, 0) is 29.8 Å². The second kappa shape index (κ2) is 5.51. The quantitative estimate of drug-likeness (QED) is 0.892. The van der Waals surface area contributed by atoms with Crippen LogP contribution in [-0.4, -0.2) is 10.9 Å². The van der Waals surface area contributed by atoms with Crippen LogP contribution in [0.4, 0.5) is 11.5 Å². The van der Waals surface area contributed by atoms with Gasteiger partial charge in [-0.15, -0.1) is 0 Å². The fraction of sp³-hybridized carbons (Fsp3) is 0.0769. The molecule has 1 aromatic carbocycles. The SMILES string of the molecule is Nc1ccc(NC(=O)Cc2cccc(Cl)c2)nc1. The fourth-order valence-corrected chi connectivity index (χ4v) is 1.71. The average Bonchev–Trinajstić information content (AvgIpc) is 2.32. The number of rotatable bonds is 3. The second-order valence-corrected chi connectivity index (χ2v) is 4.27. The highest BCUT2D eigenvalue weighted by Crippen LogP contribution is 2.12. The topological polar surface area (TPSA) is 68.0 Å². The number of amides is 1. The number of nitrogens with one attached hydrogen (secondary N) is 1. The lowest BCUT2D eigenvalue weighted by molar-refractivity contribution is -0.115. The summed E-state index contributed by atoms with van der Waals surface area (Å²) >= 11 is 5.85. The van der Waals surface area contributed by atoms with Crippen molar-refractivity contribution in [2.24, 2.45) is 0 Å². The first-order valence-corrected chi connectivity index (χ1v) is 5.77. The predicted molar refractivity (Wildman–Crippen MR) is 72.4 cm³/mol. The Morgan fingerprint density at radius 2 is 2.17 bits per heavy atom. The summed E-state index contributed by atoms with van der Waals surface area (Å²) in [5.74, 6) is 0.339. The lowest BCUT2D eigenvalue weighted by atomic mass is 10.1. The van der Waals surface area contributed by atoms with E-state index in [-0.39, 0.29) is 12.3 Å². The van der Waals surface area contributed by atoms with Gasteiger partial charge in [-0.2, -0.15) is 0 Å². The smallest absolute Gasteiger partial charge is 0.229 e. The number of aromatic nitrogens is 1. The van der Waals surface area contributed by atoms with Gasteiger partial charge < -0.3 is 11.1 Å². The molecule has 1 aromatic heterocycles. The summed E-state index contributed by atoms with van der Waals surface area (Å²) in [6.07, 6.45) is 1.75. The molecule has 3 N–H and O–H groups in total. The summed E-state index contributed by atoms with van der Waals surface area (Å²) in [7, 11) is 0. The summed E-state index contributed by atoms with van der Waals surface area (Å²) in [6, 6.07) is 10.5. The maximum Gasteiger partial charge on any atom is 0.229 e. The van der Waals surface area contributed by atoms with Crippen LogP contribution < -0.4 is 11.1 Å². The molecule has 2 aromatic rings. The standard InChI is InChI=1S/C13H12ClN3O/c14-10-3-1-2-9(6-10)7-13(18)17-12-5-4-11(15)8-16-12/h1-6,8H,7,15H2,(H,16,17,18). The molecule has 5 heteroatoms. The Hall–Kier alpha value is -2.07. The van der Waals surface area contributed by atoms with Gasteiger partial charge in [0.2, 0.25) is 5.91 Å². The van der Waals surface area contributed by atoms with Gasteiger partial charge >= 0.3 is 0 Å². The average molecular weight is 262 g/mol. The van der Waals surface area contributed by atoms with E-state index in [4.69, 9.17) is 17.3 Å². The molecule has 0 saturated heterocycles. The molecule has 0 radical (unpaired) electrons. The molecule has 0 aliphatic rings. The molecule has 18 heavy (non-hydrogen) atoms. The Bertz CT molecular complexity index is 554. The molecule has 0 spiro atoms. The number of nitrogens with two attached hydrogens (primary N) is 1. The highest BCUT2D eigenvalue weighted by Gasteiger charge is 2.05. The monoisotopic (exact) mass is 261 g/mol. The Morgan fingerprint density at radius 1 is 1.33 bits per heavy atom. The third-order valence-corrected chi connectivity index (χ3v) is 2.54. The van der Waals surface area contributed by atoms with Crippen LogP contribution in [-0.2, 0) is 11.2 Å². The minimum Gasteiger partial charge on any atom is -0.397 e. The van der Waals surface area contributed by atoms with E-state index in [9.17, 15) is 4.79 Å². The zero-order valence-electron chi connectivity index (χ0n) is 9.56. The van der Waals surface area contributed by atoms with Gasteiger partial charge in [0.25, 0.3) is 0 Å². The maximum absolute atomic E-state index is 11.8.